The lowest BCUT2D eigenvalue weighted by Crippen LogP contribution is -2.22. The number of hydrogen-bond donors (Lipinski definition) is 2. The van der Waals surface area contributed by atoms with Crippen LogP contribution in [0.5, 0.6) is 0 Å². The van der Waals surface area contributed by atoms with Crippen LogP contribution in [-0.2, 0) is 9.53 Å². The quantitative estimate of drug-likeness (QED) is 0.357. The Morgan fingerprint density at radius 1 is 1.56 bits per heavy atom. The predicted molar refractivity (Wildman–Crippen MR) is 62.8 cm³/mol. The van der Waals surface area contributed by atoms with Gasteiger partial charge in [-0.15, -0.1) is 0 Å². The second-order valence-electron chi connectivity index (χ2n) is 3.58. The van der Waals surface area contributed by atoms with Gasteiger partial charge in [-0.05, 0) is 17.2 Å². The van der Waals surface area contributed by atoms with E-state index < -0.39 is 18.2 Å². The number of methoxy groups -OCH3 is 1. The molecule has 0 bridgehead atoms. The zero-order valence-corrected chi connectivity index (χ0v) is 9.72. The molecule has 7 heteroatoms. The minimum atomic E-state index is -1.28. The summed E-state index contributed by atoms with van der Waals surface area (Å²) in [5, 5.41) is 22.9. The number of azide groups is 1. The van der Waals surface area contributed by atoms with Crippen molar-refractivity contribution in [1.29, 1.82) is 0 Å². The number of esters is 1. The lowest BCUT2D eigenvalue weighted by molar-refractivity contribution is -0.144. The molecule has 0 radical (unpaired) electrons. The van der Waals surface area contributed by atoms with E-state index in [1.807, 2.05) is 0 Å². The van der Waals surface area contributed by atoms with E-state index in [2.05, 4.69) is 14.8 Å². The molecule has 1 aromatic carbocycles. The highest BCUT2D eigenvalue weighted by Gasteiger charge is 2.21. The van der Waals surface area contributed by atoms with Crippen molar-refractivity contribution in [2.45, 2.75) is 18.6 Å². The maximum absolute atomic E-state index is 11.0. The maximum Gasteiger partial charge on any atom is 0.308 e. The van der Waals surface area contributed by atoms with E-state index in [0.717, 1.165) is 0 Å². The van der Waals surface area contributed by atoms with Crippen LogP contribution in [0.15, 0.2) is 29.4 Å². The van der Waals surface area contributed by atoms with Crippen molar-refractivity contribution >= 4 is 11.7 Å². The Morgan fingerprint density at radius 2 is 2.28 bits per heavy atom. The normalized spacial score (nSPS) is 13.3. The van der Waals surface area contributed by atoms with Crippen LogP contribution in [-0.4, -0.2) is 29.4 Å². The fourth-order valence-electron chi connectivity index (χ4n) is 1.41. The number of aliphatic hydroxyl groups is 2. The van der Waals surface area contributed by atoms with E-state index in [1.165, 1.54) is 13.2 Å². The van der Waals surface area contributed by atoms with E-state index in [9.17, 15) is 15.0 Å². The van der Waals surface area contributed by atoms with Crippen LogP contribution in [0.2, 0.25) is 0 Å². The molecule has 0 saturated heterocycles. The second-order valence-corrected chi connectivity index (χ2v) is 3.58. The van der Waals surface area contributed by atoms with Gasteiger partial charge in [0.05, 0.1) is 19.6 Å². The summed E-state index contributed by atoms with van der Waals surface area (Å²) in [5.74, 6) is -0.618. The molecule has 96 valence electrons. The van der Waals surface area contributed by atoms with Crippen molar-refractivity contribution in [3.05, 3.63) is 40.3 Å². The molecular weight excluding hydrogens is 238 g/mol. The highest BCUT2D eigenvalue weighted by atomic mass is 16.5. The van der Waals surface area contributed by atoms with Gasteiger partial charge in [-0.25, -0.2) is 0 Å². The minimum Gasteiger partial charge on any atom is -0.469 e. The van der Waals surface area contributed by atoms with Crippen molar-refractivity contribution < 1.29 is 19.7 Å². The first-order chi connectivity index (χ1) is 8.58. The van der Waals surface area contributed by atoms with Gasteiger partial charge in [0.1, 0.15) is 6.10 Å². The summed E-state index contributed by atoms with van der Waals surface area (Å²) in [7, 11) is 1.20. The Labute approximate surface area is 103 Å². The van der Waals surface area contributed by atoms with Gasteiger partial charge in [0.2, 0.25) is 0 Å². The molecular formula is C11H13N3O4. The number of ether oxygens (including phenoxy) is 1. The van der Waals surface area contributed by atoms with Crippen molar-refractivity contribution in [3.63, 3.8) is 0 Å². The number of nitrogens with zero attached hydrogens (tertiary/aromatic N) is 3. The minimum absolute atomic E-state index is 0.316. The maximum atomic E-state index is 11.0. The summed E-state index contributed by atoms with van der Waals surface area (Å²) in [4.78, 5) is 13.6. The molecule has 2 unspecified atom stereocenters. The van der Waals surface area contributed by atoms with Gasteiger partial charge in [-0.1, -0.05) is 23.3 Å². The molecule has 1 aromatic rings. The molecule has 18 heavy (non-hydrogen) atoms. The van der Waals surface area contributed by atoms with Gasteiger partial charge in [0, 0.05) is 10.6 Å². The third-order valence-corrected chi connectivity index (χ3v) is 2.34. The monoisotopic (exact) mass is 251 g/mol. The second kappa shape index (κ2) is 6.61. The lowest BCUT2D eigenvalue weighted by Gasteiger charge is -2.17. The fraction of sp³-hybridized carbons (Fsp3) is 0.364. The number of aliphatic hydroxyl groups excluding tert-OH is 2. The van der Waals surface area contributed by atoms with Gasteiger partial charge in [-0.3, -0.25) is 4.79 Å². The lowest BCUT2D eigenvalue weighted by atomic mass is 10.0. The number of benzene rings is 1. The summed E-state index contributed by atoms with van der Waals surface area (Å²) < 4.78 is 4.39. The van der Waals surface area contributed by atoms with Crippen LogP contribution in [0.25, 0.3) is 10.4 Å². The summed E-state index contributed by atoms with van der Waals surface area (Å²) in [6, 6.07) is 6.13. The first kappa shape index (κ1) is 14.0. The van der Waals surface area contributed by atoms with Gasteiger partial charge < -0.3 is 14.9 Å². The molecule has 0 aliphatic carbocycles. The van der Waals surface area contributed by atoms with Crippen LogP contribution in [0, 0.1) is 0 Å². The average molecular weight is 251 g/mol. The molecule has 2 N–H and O–H groups in total. The van der Waals surface area contributed by atoms with E-state index in [-0.39, 0.29) is 6.42 Å². The molecule has 2 atom stereocenters. The molecule has 0 amide bonds. The summed E-state index contributed by atoms with van der Waals surface area (Å²) in [6.45, 7) is 0. The Balaban J connectivity index is 2.82. The van der Waals surface area contributed by atoms with E-state index in [4.69, 9.17) is 5.53 Å². The molecule has 0 spiro atoms. The van der Waals surface area contributed by atoms with Crippen molar-refractivity contribution in [2.24, 2.45) is 5.11 Å². The standard InChI is InChI=1S/C11H13N3O4/c1-18-10(16)6-9(15)11(17)7-3-2-4-8(5-7)13-14-12/h2-5,9,11,15,17H,6H2,1H3. The summed E-state index contributed by atoms with van der Waals surface area (Å²) in [6.07, 6.45) is -2.85. The first-order valence-electron chi connectivity index (χ1n) is 5.16. The zero-order valence-electron chi connectivity index (χ0n) is 9.72. The van der Waals surface area contributed by atoms with Crippen LogP contribution in [0.4, 0.5) is 5.69 Å². The Bertz CT molecular complexity index is 471. The van der Waals surface area contributed by atoms with Gasteiger partial charge in [-0.2, -0.15) is 0 Å². The molecule has 0 saturated carbocycles. The van der Waals surface area contributed by atoms with Gasteiger partial charge in [0.15, 0.2) is 0 Å². The van der Waals surface area contributed by atoms with Crippen LogP contribution >= 0.6 is 0 Å². The van der Waals surface area contributed by atoms with Crippen LogP contribution in [0.1, 0.15) is 18.1 Å². The van der Waals surface area contributed by atoms with Crippen molar-refractivity contribution in [1.82, 2.24) is 0 Å². The van der Waals surface area contributed by atoms with E-state index in [0.29, 0.717) is 11.3 Å². The highest BCUT2D eigenvalue weighted by Crippen LogP contribution is 2.23. The largest absolute Gasteiger partial charge is 0.469 e. The average Bonchev–Trinajstić information content (AvgIpc) is 2.38. The number of carbonyl (C=O) groups excluding carboxylic acids is 1. The van der Waals surface area contributed by atoms with Gasteiger partial charge >= 0.3 is 5.97 Å². The number of carbonyl (C=O) groups is 1. The predicted octanol–water partition coefficient (Wildman–Crippen LogP) is 1.59. The molecule has 0 aliphatic rings. The Morgan fingerprint density at radius 3 is 2.89 bits per heavy atom. The molecule has 0 aliphatic heterocycles. The Hall–Kier alpha value is -2.08. The highest BCUT2D eigenvalue weighted by molar-refractivity contribution is 5.69. The number of hydrogen-bond acceptors (Lipinski definition) is 5. The molecule has 7 nitrogen and oxygen atoms in total. The third kappa shape index (κ3) is 3.74. The van der Waals surface area contributed by atoms with E-state index in [1.54, 1.807) is 18.2 Å². The van der Waals surface area contributed by atoms with Gasteiger partial charge in [0.25, 0.3) is 0 Å². The summed E-state index contributed by atoms with van der Waals surface area (Å²) in [5.41, 5.74) is 8.97. The zero-order chi connectivity index (χ0) is 13.5. The smallest absolute Gasteiger partial charge is 0.308 e. The number of rotatable bonds is 5. The SMILES string of the molecule is COC(=O)CC(O)C(O)c1cccc(N=[N+]=[N-])c1. The Kier molecular flexibility index (Phi) is 5.13. The fourth-order valence-corrected chi connectivity index (χ4v) is 1.41. The molecule has 0 fully saturated rings. The van der Waals surface area contributed by atoms with Crippen LogP contribution < -0.4 is 0 Å². The van der Waals surface area contributed by atoms with Crippen molar-refractivity contribution in [2.75, 3.05) is 7.11 Å². The van der Waals surface area contributed by atoms with Crippen molar-refractivity contribution in [3.8, 4) is 0 Å². The molecule has 0 heterocycles. The molecule has 1 rings (SSSR count). The summed E-state index contributed by atoms with van der Waals surface area (Å²) >= 11 is 0. The first-order valence-corrected chi connectivity index (χ1v) is 5.16. The molecule has 0 aromatic heterocycles. The topological polar surface area (TPSA) is 116 Å². The third-order valence-electron chi connectivity index (χ3n) is 2.34. The van der Waals surface area contributed by atoms with E-state index >= 15 is 0 Å². The van der Waals surface area contributed by atoms with Crippen LogP contribution in [0.3, 0.4) is 0 Å².